The van der Waals surface area contributed by atoms with E-state index in [0.717, 1.165) is 17.7 Å². The molecule has 0 saturated carbocycles. The first-order chi connectivity index (χ1) is 17.3. The van der Waals surface area contributed by atoms with Gasteiger partial charge in [-0.15, -0.1) is 15.0 Å². The molecule has 1 heterocycles. The summed E-state index contributed by atoms with van der Waals surface area (Å²) in [6.07, 6.45) is -3.32. The second kappa shape index (κ2) is 11.5. The fourth-order valence-corrected chi connectivity index (χ4v) is 6.76. The van der Waals surface area contributed by atoms with E-state index in [9.17, 15) is 18.3 Å². The van der Waals surface area contributed by atoms with Crippen LogP contribution in [0.4, 0.5) is 13.2 Å². The molecule has 0 aliphatic heterocycles. The zero-order valence-corrected chi connectivity index (χ0v) is 23.3. The zero-order valence-electron chi connectivity index (χ0n) is 22.3. The van der Waals surface area contributed by atoms with Gasteiger partial charge < -0.3 is 18.4 Å². The Hall–Kier alpha value is -2.47. The molecule has 0 atom stereocenters. The SMILES string of the molecule is CCO[Si](CCCc1cc(C(C)(C)C)cc(-n2nc3ccc(C(F)(F)F)cc3n2)c1O)(OCC)OCC. The molecule has 0 amide bonds. The Balaban J connectivity index is 1.98. The molecule has 0 bridgehead atoms. The Labute approximate surface area is 216 Å². The third kappa shape index (κ3) is 6.89. The van der Waals surface area contributed by atoms with Gasteiger partial charge in [0.25, 0.3) is 0 Å². The van der Waals surface area contributed by atoms with Crippen molar-refractivity contribution in [3.8, 4) is 11.4 Å². The molecular weight excluding hydrogens is 503 g/mol. The first kappa shape index (κ1) is 29.1. The van der Waals surface area contributed by atoms with E-state index in [1.807, 2.05) is 47.6 Å². The van der Waals surface area contributed by atoms with Crippen LogP contribution in [-0.2, 0) is 31.3 Å². The Morgan fingerprint density at radius 3 is 2.00 bits per heavy atom. The van der Waals surface area contributed by atoms with E-state index in [1.165, 1.54) is 10.9 Å². The molecule has 3 aromatic rings. The van der Waals surface area contributed by atoms with E-state index in [-0.39, 0.29) is 16.7 Å². The molecule has 0 spiro atoms. The Morgan fingerprint density at radius 1 is 0.865 bits per heavy atom. The van der Waals surface area contributed by atoms with Crippen molar-refractivity contribution in [3.05, 3.63) is 47.0 Å². The highest BCUT2D eigenvalue weighted by Gasteiger charge is 2.39. The molecule has 0 fully saturated rings. The van der Waals surface area contributed by atoms with Crippen LogP contribution in [0.3, 0.4) is 0 Å². The van der Waals surface area contributed by atoms with Crippen molar-refractivity contribution in [3.63, 3.8) is 0 Å². The second-order valence-electron chi connectivity index (χ2n) is 9.78. The average Bonchev–Trinajstić information content (AvgIpc) is 3.22. The molecule has 2 aromatic carbocycles. The standard InChI is InChI=1S/C26H36F3N3O4Si/c1-7-34-37(35-8-2,36-9-3)14-10-11-18-15-20(25(4,5)6)17-23(24(18)33)32-30-21-13-12-19(26(27,28)29)16-22(21)31-32/h12-13,15-17,33H,7-11,14H2,1-6H3. The van der Waals surface area contributed by atoms with Crippen molar-refractivity contribution in [2.75, 3.05) is 19.8 Å². The lowest BCUT2D eigenvalue weighted by atomic mass is 9.85. The van der Waals surface area contributed by atoms with Gasteiger partial charge >= 0.3 is 15.0 Å². The van der Waals surface area contributed by atoms with Crippen LogP contribution in [0.2, 0.25) is 6.04 Å². The lowest BCUT2D eigenvalue weighted by molar-refractivity contribution is -0.137. The number of alkyl halides is 3. The lowest BCUT2D eigenvalue weighted by Gasteiger charge is -2.28. The van der Waals surface area contributed by atoms with Crippen LogP contribution in [0.1, 0.15) is 64.7 Å². The van der Waals surface area contributed by atoms with Crippen molar-refractivity contribution < 1.29 is 31.6 Å². The van der Waals surface area contributed by atoms with Gasteiger partial charge in [0.1, 0.15) is 22.5 Å². The number of nitrogens with zero attached hydrogens (tertiary/aromatic N) is 3. The smallest absolute Gasteiger partial charge is 0.500 e. The van der Waals surface area contributed by atoms with Crippen molar-refractivity contribution in [1.29, 1.82) is 0 Å². The molecule has 0 saturated heterocycles. The number of aromatic hydroxyl groups is 1. The van der Waals surface area contributed by atoms with Crippen molar-refractivity contribution >= 4 is 19.8 Å². The van der Waals surface area contributed by atoms with Gasteiger partial charge in [-0.1, -0.05) is 26.8 Å². The molecule has 3 rings (SSSR count). The highest BCUT2D eigenvalue weighted by atomic mass is 28.4. The maximum atomic E-state index is 13.2. The van der Waals surface area contributed by atoms with Crippen LogP contribution < -0.4 is 0 Å². The summed E-state index contributed by atoms with van der Waals surface area (Å²) in [4.78, 5) is 1.21. The summed E-state index contributed by atoms with van der Waals surface area (Å²) >= 11 is 0. The second-order valence-corrected chi connectivity index (χ2v) is 12.5. The molecule has 37 heavy (non-hydrogen) atoms. The van der Waals surface area contributed by atoms with Gasteiger partial charge in [-0.3, -0.25) is 0 Å². The highest BCUT2D eigenvalue weighted by molar-refractivity contribution is 6.60. The average molecular weight is 540 g/mol. The van der Waals surface area contributed by atoms with Gasteiger partial charge in [0.05, 0.1) is 5.56 Å². The van der Waals surface area contributed by atoms with Gasteiger partial charge in [0.15, 0.2) is 0 Å². The number of hydrogen-bond donors (Lipinski definition) is 1. The topological polar surface area (TPSA) is 78.6 Å². The van der Waals surface area contributed by atoms with Crippen LogP contribution in [0, 0.1) is 0 Å². The number of aromatic nitrogens is 3. The predicted molar refractivity (Wildman–Crippen MR) is 138 cm³/mol. The van der Waals surface area contributed by atoms with E-state index >= 15 is 0 Å². The third-order valence-corrected chi connectivity index (χ3v) is 9.13. The Kier molecular flexibility index (Phi) is 9.04. The summed E-state index contributed by atoms with van der Waals surface area (Å²) in [5.41, 5.74) is 1.28. The van der Waals surface area contributed by atoms with E-state index in [2.05, 4.69) is 10.2 Å². The number of phenols is 1. The third-order valence-electron chi connectivity index (χ3n) is 5.98. The van der Waals surface area contributed by atoms with Gasteiger partial charge in [0, 0.05) is 25.9 Å². The summed E-state index contributed by atoms with van der Waals surface area (Å²) in [6.45, 7) is 13.3. The minimum Gasteiger partial charge on any atom is -0.505 e. The fourth-order valence-electron chi connectivity index (χ4n) is 4.15. The zero-order chi connectivity index (χ0) is 27.4. The molecular formula is C26H36F3N3O4Si. The molecule has 7 nitrogen and oxygen atoms in total. The van der Waals surface area contributed by atoms with E-state index in [4.69, 9.17) is 13.3 Å². The first-order valence-electron chi connectivity index (χ1n) is 12.6. The molecule has 11 heteroatoms. The number of hydrogen-bond acceptors (Lipinski definition) is 6. The minimum absolute atomic E-state index is 0.0131. The van der Waals surface area contributed by atoms with E-state index in [0.29, 0.717) is 55.5 Å². The number of aryl methyl sites for hydroxylation is 1. The van der Waals surface area contributed by atoms with Crippen LogP contribution in [-0.4, -0.2) is 48.7 Å². The lowest BCUT2D eigenvalue weighted by Crippen LogP contribution is -2.46. The van der Waals surface area contributed by atoms with Gasteiger partial charge in [0.2, 0.25) is 0 Å². The molecule has 204 valence electrons. The maximum absolute atomic E-state index is 13.2. The van der Waals surface area contributed by atoms with Crippen LogP contribution >= 0.6 is 0 Å². The van der Waals surface area contributed by atoms with Crippen LogP contribution in [0.15, 0.2) is 30.3 Å². The van der Waals surface area contributed by atoms with Gasteiger partial charge in [-0.2, -0.15) is 13.2 Å². The molecule has 1 aromatic heterocycles. The van der Waals surface area contributed by atoms with Gasteiger partial charge in [-0.05, 0) is 74.4 Å². The summed E-state index contributed by atoms with van der Waals surface area (Å²) in [6, 6.07) is 7.54. The summed E-state index contributed by atoms with van der Waals surface area (Å²) in [5.74, 6) is -0.0131. The number of rotatable bonds is 11. The van der Waals surface area contributed by atoms with Crippen molar-refractivity contribution in [2.45, 2.75) is 72.0 Å². The molecule has 0 radical (unpaired) electrons. The summed E-state index contributed by atoms with van der Waals surface area (Å²) < 4.78 is 57.4. The Morgan fingerprint density at radius 2 is 1.46 bits per heavy atom. The minimum atomic E-state index is -4.48. The highest BCUT2D eigenvalue weighted by Crippen LogP contribution is 2.35. The monoisotopic (exact) mass is 539 g/mol. The normalized spacial score (nSPS) is 13.0. The molecule has 1 N–H and O–H groups in total. The Bertz CT molecular complexity index is 1190. The maximum Gasteiger partial charge on any atom is 0.500 e. The predicted octanol–water partition coefficient (Wildman–Crippen LogP) is 6.42. The fraction of sp³-hybridized carbons (Fsp3) is 0.538. The summed E-state index contributed by atoms with van der Waals surface area (Å²) in [7, 11) is -2.84. The number of halogens is 3. The number of fused-ring (bicyclic) bond motifs is 1. The van der Waals surface area contributed by atoms with Crippen LogP contribution in [0.25, 0.3) is 16.7 Å². The molecule has 0 aliphatic carbocycles. The van der Waals surface area contributed by atoms with Crippen molar-refractivity contribution in [2.24, 2.45) is 0 Å². The van der Waals surface area contributed by atoms with Crippen molar-refractivity contribution in [1.82, 2.24) is 15.0 Å². The molecule has 0 unspecified atom stereocenters. The van der Waals surface area contributed by atoms with E-state index < -0.39 is 20.5 Å². The molecule has 0 aliphatic rings. The number of phenolic OH excluding ortho intramolecular Hbond substituents is 1. The number of benzene rings is 2. The van der Waals surface area contributed by atoms with E-state index in [1.54, 1.807) is 6.07 Å². The van der Waals surface area contributed by atoms with Crippen LogP contribution in [0.5, 0.6) is 5.75 Å². The quantitative estimate of drug-likeness (QED) is 0.283. The van der Waals surface area contributed by atoms with Gasteiger partial charge in [-0.25, -0.2) is 0 Å². The largest absolute Gasteiger partial charge is 0.505 e. The first-order valence-corrected chi connectivity index (χ1v) is 14.5. The summed E-state index contributed by atoms with van der Waals surface area (Å²) in [5, 5.41) is 19.8.